The second-order valence-electron chi connectivity index (χ2n) is 6.14. The summed E-state index contributed by atoms with van der Waals surface area (Å²) in [7, 11) is 0. The topological polar surface area (TPSA) is 24.5 Å². The van der Waals surface area contributed by atoms with Crippen molar-refractivity contribution in [3.05, 3.63) is 29.8 Å². The van der Waals surface area contributed by atoms with Gasteiger partial charge < -0.3 is 15.0 Å². The smallest absolute Gasteiger partial charge is 0.119 e. The summed E-state index contributed by atoms with van der Waals surface area (Å²) < 4.78 is 5.61. The van der Waals surface area contributed by atoms with Crippen LogP contribution in [-0.4, -0.2) is 37.2 Å². The van der Waals surface area contributed by atoms with E-state index in [1.807, 2.05) is 0 Å². The summed E-state index contributed by atoms with van der Waals surface area (Å²) >= 11 is 0. The first kappa shape index (κ1) is 16.3. The second-order valence-corrected chi connectivity index (χ2v) is 6.14. The van der Waals surface area contributed by atoms with Gasteiger partial charge in [-0.3, -0.25) is 0 Å². The molecule has 1 saturated heterocycles. The first-order chi connectivity index (χ1) is 10.3. The van der Waals surface area contributed by atoms with Gasteiger partial charge in [-0.1, -0.05) is 25.5 Å². The maximum Gasteiger partial charge on any atom is 0.119 e. The zero-order chi connectivity index (χ0) is 14.9. The Morgan fingerprint density at radius 1 is 1.14 bits per heavy atom. The molecule has 0 radical (unpaired) electrons. The van der Waals surface area contributed by atoms with Gasteiger partial charge in [0.25, 0.3) is 0 Å². The van der Waals surface area contributed by atoms with Crippen molar-refractivity contribution in [3.8, 4) is 5.75 Å². The van der Waals surface area contributed by atoms with Gasteiger partial charge in [0.1, 0.15) is 5.75 Å². The van der Waals surface area contributed by atoms with E-state index in [-0.39, 0.29) is 0 Å². The summed E-state index contributed by atoms with van der Waals surface area (Å²) in [5.74, 6) is 0.974. The maximum absolute atomic E-state index is 5.61. The van der Waals surface area contributed by atoms with Crippen LogP contribution in [0.2, 0.25) is 0 Å². The van der Waals surface area contributed by atoms with Crippen LogP contribution in [0.4, 0.5) is 0 Å². The third kappa shape index (κ3) is 6.06. The van der Waals surface area contributed by atoms with Gasteiger partial charge in [0.2, 0.25) is 0 Å². The lowest BCUT2D eigenvalue weighted by Gasteiger charge is -2.29. The minimum Gasteiger partial charge on any atom is -0.494 e. The first-order valence-corrected chi connectivity index (χ1v) is 8.45. The molecular formula is C18H30N2O. The van der Waals surface area contributed by atoms with E-state index in [0.29, 0.717) is 6.04 Å². The Kier molecular flexibility index (Phi) is 7.04. The van der Waals surface area contributed by atoms with Crippen molar-refractivity contribution in [2.24, 2.45) is 0 Å². The highest BCUT2D eigenvalue weighted by atomic mass is 16.5. The number of hydrogen-bond acceptors (Lipinski definition) is 3. The quantitative estimate of drug-likeness (QED) is 0.794. The van der Waals surface area contributed by atoms with Crippen LogP contribution in [0.1, 0.15) is 45.1 Å². The van der Waals surface area contributed by atoms with Crippen molar-refractivity contribution < 1.29 is 4.74 Å². The molecule has 0 amide bonds. The lowest BCUT2D eigenvalue weighted by Crippen LogP contribution is -2.41. The fraction of sp³-hybridized carbons (Fsp3) is 0.667. The van der Waals surface area contributed by atoms with Gasteiger partial charge in [-0.2, -0.15) is 0 Å². The van der Waals surface area contributed by atoms with E-state index in [4.69, 9.17) is 4.74 Å². The van der Waals surface area contributed by atoms with Crippen molar-refractivity contribution in [1.82, 2.24) is 10.2 Å². The molecule has 1 aromatic rings. The van der Waals surface area contributed by atoms with Crippen molar-refractivity contribution >= 4 is 0 Å². The number of hydrogen-bond donors (Lipinski definition) is 1. The molecule has 1 heterocycles. The van der Waals surface area contributed by atoms with Crippen LogP contribution in [0.3, 0.4) is 0 Å². The third-order valence-electron chi connectivity index (χ3n) is 4.03. The minimum absolute atomic E-state index is 0.541. The molecule has 0 spiro atoms. The van der Waals surface area contributed by atoms with E-state index < -0.39 is 0 Å². The molecule has 3 nitrogen and oxygen atoms in total. The Hall–Kier alpha value is -1.06. The highest BCUT2D eigenvalue weighted by Gasteiger charge is 2.12. The first-order valence-electron chi connectivity index (χ1n) is 8.45. The summed E-state index contributed by atoms with van der Waals surface area (Å²) in [5, 5.41) is 3.63. The van der Waals surface area contributed by atoms with Gasteiger partial charge in [0.05, 0.1) is 6.61 Å². The van der Waals surface area contributed by atoms with E-state index in [2.05, 4.69) is 48.3 Å². The predicted molar refractivity (Wildman–Crippen MR) is 88.8 cm³/mol. The number of rotatable bonds is 8. The fourth-order valence-electron chi connectivity index (χ4n) is 2.81. The molecule has 0 aliphatic carbocycles. The average Bonchev–Trinajstić information content (AvgIpc) is 2.53. The number of nitrogens with zero attached hydrogens (tertiary/aromatic N) is 1. The van der Waals surface area contributed by atoms with E-state index in [1.54, 1.807) is 0 Å². The molecule has 0 bridgehead atoms. The maximum atomic E-state index is 5.61. The van der Waals surface area contributed by atoms with Crippen molar-refractivity contribution in [3.63, 3.8) is 0 Å². The van der Waals surface area contributed by atoms with Gasteiger partial charge in [-0.15, -0.1) is 0 Å². The van der Waals surface area contributed by atoms with Crippen LogP contribution in [0.15, 0.2) is 24.3 Å². The number of nitrogens with one attached hydrogen (secondary N) is 1. The van der Waals surface area contributed by atoms with Crippen LogP contribution >= 0.6 is 0 Å². The van der Waals surface area contributed by atoms with Crippen LogP contribution < -0.4 is 10.1 Å². The summed E-state index contributed by atoms with van der Waals surface area (Å²) in [6, 6.07) is 9.00. The summed E-state index contributed by atoms with van der Waals surface area (Å²) in [6.45, 7) is 9.85. The van der Waals surface area contributed by atoms with E-state index in [0.717, 1.165) is 31.9 Å². The number of ether oxygens (including phenoxy) is 1. The average molecular weight is 290 g/mol. The normalized spacial score (nSPS) is 17.6. The van der Waals surface area contributed by atoms with Gasteiger partial charge in [-0.25, -0.2) is 0 Å². The lowest BCUT2D eigenvalue weighted by molar-refractivity contribution is 0.209. The Balaban J connectivity index is 1.69. The number of likely N-dealkylation sites (tertiary alicyclic amines) is 1. The Morgan fingerprint density at radius 2 is 1.86 bits per heavy atom. The van der Waals surface area contributed by atoms with Crippen molar-refractivity contribution in [2.45, 2.75) is 52.1 Å². The summed E-state index contributed by atoms with van der Waals surface area (Å²) in [6.07, 6.45) is 5.19. The second kappa shape index (κ2) is 9.06. The molecule has 118 valence electrons. The molecule has 1 N–H and O–H groups in total. The zero-order valence-corrected chi connectivity index (χ0v) is 13.6. The zero-order valence-electron chi connectivity index (χ0n) is 13.6. The summed E-state index contributed by atoms with van der Waals surface area (Å²) in [4.78, 5) is 2.59. The van der Waals surface area contributed by atoms with E-state index in [1.165, 1.54) is 37.9 Å². The van der Waals surface area contributed by atoms with Gasteiger partial charge in [-0.05, 0) is 57.0 Å². The third-order valence-corrected chi connectivity index (χ3v) is 4.03. The Bertz CT molecular complexity index is 385. The monoisotopic (exact) mass is 290 g/mol. The van der Waals surface area contributed by atoms with Gasteiger partial charge in [0, 0.05) is 19.1 Å². The Labute approximate surface area is 129 Å². The van der Waals surface area contributed by atoms with Gasteiger partial charge >= 0.3 is 0 Å². The molecule has 0 aromatic heterocycles. The number of piperidine rings is 1. The molecule has 1 aliphatic rings. The lowest BCUT2D eigenvalue weighted by atomic mass is 10.1. The highest BCUT2D eigenvalue weighted by molar-refractivity contribution is 5.27. The molecule has 21 heavy (non-hydrogen) atoms. The van der Waals surface area contributed by atoms with Crippen LogP contribution in [0.5, 0.6) is 5.75 Å². The molecule has 1 atom stereocenters. The summed E-state index contributed by atoms with van der Waals surface area (Å²) in [5.41, 5.74) is 1.32. The van der Waals surface area contributed by atoms with E-state index >= 15 is 0 Å². The van der Waals surface area contributed by atoms with Gasteiger partial charge in [0.15, 0.2) is 0 Å². The van der Waals surface area contributed by atoms with Crippen LogP contribution in [0, 0.1) is 0 Å². The largest absolute Gasteiger partial charge is 0.494 e. The molecule has 1 fully saturated rings. The Morgan fingerprint density at radius 3 is 2.52 bits per heavy atom. The molecule has 0 saturated carbocycles. The molecule has 2 rings (SSSR count). The molecule has 3 heteroatoms. The van der Waals surface area contributed by atoms with Crippen LogP contribution in [-0.2, 0) is 6.54 Å². The minimum atomic E-state index is 0.541. The van der Waals surface area contributed by atoms with Crippen molar-refractivity contribution in [2.75, 3.05) is 26.2 Å². The fourth-order valence-corrected chi connectivity index (χ4v) is 2.81. The SMILES string of the molecule is CCCOc1ccc(CNC(C)CN2CCCCC2)cc1. The van der Waals surface area contributed by atoms with Crippen molar-refractivity contribution in [1.29, 1.82) is 0 Å². The molecular weight excluding hydrogens is 260 g/mol. The standard InChI is InChI=1S/C18H30N2O/c1-3-13-21-18-9-7-17(8-10-18)14-19-16(2)15-20-11-5-4-6-12-20/h7-10,16,19H,3-6,11-15H2,1-2H3. The van der Waals surface area contributed by atoms with E-state index in [9.17, 15) is 0 Å². The molecule has 1 aromatic carbocycles. The molecule has 1 aliphatic heterocycles. The number of benzene rings is 1. The highest BCUT2D eigenvalue weighted by Crippen LogP contribution is 2.13. The predicted octanol–water partition coefficient (Wildman–Crippen LogP) is 3.44. The molecule has 1 unspecified atom stereocenters. The van der Waals surface area contributed by atoms with Crippen LogP contribution in [0.25, 0.3) is 0 Å².